The van der Waals surface area contributed by atoms with Crippen molar-refractivity contribution in [3.8, 4) is 10.4 Å². The molecule has 0 spiro atoms. The maximum atomic E-state index is 13.0. The van der Waals surface area contributed by atoms with Gasteiger partial charge >= 0.3 is 0 Å². The van der Waals surface area contributed by atoms with Crippen molar-refractivity contribution in [1.82, 2.24) is 25.4 Å². The monoisotopic (exact) mass is 564 g/mol. The van der Waals surface area contributed by atoms with Crippen LogP contribution in [0.1, 0.15) is 45.4 Å². The molecule has 204 valence electrons. The van der Waals surface area contributed by atoms with Gasteiger partial charge in [0.25, 0.3) is 5.91 Å². The summed E-state index contributed by atoms with van der Waals surface area (Å²) in [5.41, 5.74) is 2.17. The fourth-order valence-corrected chi connectivity index (χ4v) is 7.03. The fourth-order valence-electron chi connectivity index (χ4n) is 5.14. The molecule has 3 fully saturated rings. The smallest absolute Gasteiger partial charge is 0.264 e. The van der Waals surface area contributed by atoms with Crippen molar-refractivity contribution >= 4 is 45.4 Å². The molecular formula is C28H32N6O3S2. The van der Waals surface area contributed by atoms with Gasteiger partial charge in [0.2, 0.25) is 11.8 Å². The highest BCUT2D eigenvalue weighted by Gasteiger charge is 2.35. The van der Waals surface area contributed by atoms with Crippen molar-refractivity contribution in [2.75, 3.05) is 38.5 Å². The van der Waals surface area contributed by atoms with E-state index in [2.05, 4.69) is 38.0 Å². The number of rotatable bonds is 8. The molecule has 0 aliphatic carbocycles. The Morgan fingerprint density at radius 2 is 1.87 bits per heavy atom. The third-order valence-corrected chi connectivity index (χ3v) is 9.97. The number of likely N-dealkylation sites (N-methyl/N-ethyl adjacent to an activating group) is 1. The van der Waals surface area contributed by atoms with Crippen LogP contribution < -0.4 is 16.0 Å². The lowest BCUT2D eigenvalue weighted by atomic mass is 10.0. The Morgan fingerprint density at radius 3 is 2.56 bits per heavy atom. The lowest BCUT2D eigenvalue weighted by Gasteiger charge is -2.37. The van der Waals surface area contributed by atoms with E-state index in [0.29, 0.717) is 29.5 Å². The Kier molecular flexibility index (Phi) is 7.48. The molecule has 3 N–H and O–H groups in total. The van der Waals surface area contributed by atoms with E-state index in [1.54, 1.807) is 23.5 Å². The summed E-state index contributed by atoms with van der Waals surface area (Å²) in [5, 5.41) is 10.9. The molecule has 2 aromatic heterocycles. The van der Waals surface area contributed by atoms with E-state index in [1.807, 2.05) is 30.3 Å². The molecule has 3 aromatic rings. The Bertz CT molecular complexity index is 1360. The molecule has 1 aromatic carbocycles. The van der Waals surface area contributed by atoms with E-state index >= 15 is 0 Å². The van der Waals surface area contributed by atoms with Crippen LogP contribution >= 0.6 is 22.7 Å². The minimum absolute atomic E-state index is 0.000784. The summed E-state index contributed by atoms with van der Waals surface area (Å²) in [7, 11) is 1.97. The second kappa shape index (κ2) is 11.2. The number of thiophene rings is 1. The van der Waals surface area contributed by atoms with Crippen LogP contribution in [0.3, 0.4) is 0 Å². The number of thiazole rings is 1. The van der Waals surface area contributed by atoms with Gasteiger partial charge in [0.1, 0.15) is 0 Å². The summed E-state index contributed by atoms with van der Waals surface area (Å²) < 4.78 is 0. The van der Waals surface area contributed by atoms with Gasteiger partial charge in [-0.05, 0) is 56.1 Å². The molecule has 6 rings (SSSR count). The summed E-state index contributed by atoms with van der Waals surface area (Å²) in [6.07, 6.45) is 4.69. The van der Waals surface area contributed by atoms with Crippen LogP contribution in [0, 0.1) is 0 Å². The normalized spacial score (nSPS) is 21.3. The van der Waals surface area contributed by atoms with Gasteiger partial charge in [-0.1, -0.05) is 24.3 Å². The molecule has 3 aliphatic rings. The molecule has 0 radical (unpaired) electrons. The molecule has 1 unspecified atom stereocenters. The summed E-state index contributed by atoms with van der Waals surface area (Å²) in [6.45, 7) is 3.67. The number of carbonyl (C=O) groups is 3. The largest absolute Gasteiger partial charge is 0.351 e. The zero-order chi connectivity index (χ0) is 26.9. The molecule has 39 heavy (non-hydrogen) atoms. The molecule has 5 heterocycles. The van der Waals surface area contributed by atoms with Crippen molar-refractivity contribution in [2.24, 2.45) is 0 Å². The van der Waals surface area contributed by atoms with E-state index in [4.69, 9.17) is 0 Å². The van der Waals surface area contributed by atoms with Crippen LogP contribution in [0.2, 0.25) is 0 Å². The second-order valence-electron chi connectivity index (χ2n) is 10.5. The zero-order valence-corrected chi connectivity index (χ0v) is 23.4. The third-order valence-electron chi connectivity index (χ3n) is 7.78. The first kappa shape index (κ1) is 26.1. The molecular weight excluding hydrogens is 532 g/mol. The summed E-state index contributed by atoms with van der Waals surface area (Å²) in [4.78, 5) is 47.8. The van der Waals surface area contributed by atoms with Gasteiger partial charge < -0.3 is 20.9 Å². The maximum absolute atomic E-state index is 13.0. The minimum atomic E-state index is -0.143. The van der Waals surface area contributed by atoms with E-state index in [-0.39, 0.29) is 35.7 Å². The number of amides is 3. The highest BCUT2D eigenvalue weighted by Crippen LogP contribution is 2.36. The summed E-state index contributed by atoms with van der Waals surface area (Å²) >= 11 is 2.99. The SMILES string of the molecule is CN1CCC1C(=O)NCc1ccc(-c2cnc(C3CN(C(=O)c4ccc(NC(=O)[C@@H]5CCCN5)s4)C3)s2)cc1. The van der Waals surface area contributed by atoms with Crippen LogP contribution in [0.4, 0.5) is 5.00 Å². The van der Waals surface area contributed by atoms with Gasteiger partial charge in [0.15, 0.2) is 0 Å². The van der Waals surface area contributed by atoms with E-state index in [9.17, 15) is 14.4 Å². The topological polar surface area (TPSA) is 107 Å². The van der Waals surface area contributed by atoms with E-state index < -0.39 is 0 Å². The molecule has 9 nitrogen and oxygen atoms in total. The van der Waals surface area contributed by atoms with Gasteiger partial charge in [-0.2, -0.15) is 0 Å². The number of hydrogen-bond acceptors (Lipinski definition) is 8. The Balaban J connectivity index is 0.985. The van der Waals surface area contributed by atoms with Crippen molar-refractivity contribution in [1.29, 1.82) is 0 Å². The predicted molar refractivity (Wildman–Crippen MR) is 153 cm³/mol. The minimum Gasteiger partial charge on any atom is -0.351 e. The van der Waals surface area contributed by atoms with Gasteiger partial charge in [-0.3, -0.25) is 19.3 Å². The van der Waals surface area contributed by atoms with Crippen LogP contribution in [-0.2, 0) is 16.1 Å². The number of carbonyl (C=O) groups excluding carboxylic acids is 3. The number of nitrogens with one attached hydrogen (secondary N) is 3. The molecule has 3 aliphatic heterocycles. The highest BCUT2D eigenvalue weighted by atomic mass is 32.1. The van der Waals surface area contributed by atoms with Crippen molar-refractivity contribution in [3.63, 3.8) is 0 Å². The molecule has 0 saturated carbocycles. The van der Waals surface area contributed by atoms with E-state index in [1.165, 1.54) is 11.3 Å². The first-order valence-corrected chi connectivity index (χ1v) is 15.0. The van der Waals surface area contributed by atoms with Gasteiger partial charge in [-0.25, -0.2) is 4.98 Å². The number of aromatic nitrogens is 1. The first-order valence-electron chi connectivity index (χ1n) is 13.4. The van der Waals surface area contributed by atoms with Crippen LogP contribution in [0.15, 0.2) is 42.6 Å². The maximum Gasteiger partial charge on any atom is 0.264 e. The predicted octanol–water partition coefficient (Wildman–Crippen LogP) is 3.12. The number of benzene rings is 1. The number of hydrogen-bond donors (Lipinski definition) is 3. The van der Waals surface area contributed by atoms with E-state index in [0.717, 1.165) is 53.4 Å². The van der Waals surface area contributed by atoms with Crippen LogP contribution in [-0.4, -0.2) is 77.8 Å². The van der Waals surface area contributed by atoms with Gasteiger partial charge in [-0.15, -0.1) is 22.7 Å². The number of likely N-dealkylation sites (tertiary alicyclic amines) is 2. The molecule has 0 bridgehead atoms. The molecule has 3 amide bonds. The van der Waals surface area contributed by atoms with Gasteiger partial charge in [0, 0.05) is 38.3 Å². The first-order chi connectivity index (χ1) is 18.9. The highest BCUT2D eigenvalue weighted by molar-refractivity contribution is 7.18. The van der Waals surface area contributed by atoms with Crippen molar-refractivity contribution in [3.05, 3.63) is 58.0 Å². The summed E-state index contributed by atoms with van der Waals surface area (Å²) in [6, 6.07) is 11.7. The Hall–Kier alpha value is -3.12. The molecule has 11 heteroatoms. The fraction of sp³-hybridized carbons (Fsp3) is 0.429. The summed E-state index contributed by atoms with van der Waals surface area (Å²) in [5.74, 6) is 0.296. The average Bonchev–Trinajstić information content (AvgIpc) is 3.68. The lowest BCUT2D eigenvalue weighted by Crippen LogP contribution is -2.53. The van der Waals surface area contributed by atoms with Gasteiger partial charge in [0.05, 0.1) is 31.8 Å². The van der Waals surface area contributed by atoms with Crippen molar-refractivity contribution in [2.45, 2.75) is 43.8 Å². The average molecular weight is 565 g/mol. The number of nitrogens with zero attached hydrogens (tertiary/aromatic N) is 3. The zero-order valence-electron chi connectivity index (χ0n) is 21.8. The quantitative estimate of drug-likeness (QED) is 0.388. The Labute approximate surface area is 235 Å². The van der Waals surface area contributed by atoms with Crippen LogP contribution in [0.5, 0.6) is 0 Å². The number of anilines is 1. The Morgan fingerprint density at radius 1 is 1.05 bits per heavy atom. The molecule has 3 saturated heterocycles. The second-order valence-corrected chi connectivity index (χ2v) is 12.6. The molecule has 2 atom stereocenters. The standard InChI is InChI=1S/C28H32N6O3S2/c1-33-12-10-21(33)26(36)30-13-17-4-6-18(7-5-17)23-14-31-27(39-23)19-15-34(16-19)28(37)22-8-9-24(38-22)32-25(35)20-3-2-11-29-20/h4-9,14,19-21,29H,2-3,10-13,15-16H2,1H3,(H,30,36)(H,32,35)/t20-,21?/m0/s1. The lowest BCUT2D eigenvalue weighted by molar-refractivity contribution is -0.129. The third kappa shape index (κ3) is 5.62. The van der Waals surface area contributed by atoms with Crippen LogP contribution in [0.25, 0.3) is 10.4 Å². The van der Waals surface area contributed by atoms with Crippen molar-refractivity contribution < 1.29 is 14.4 Å².